The van der Waals surface area contributed by atoms with Crippen molar-refractivity contribution in [1.82, 2.24) is 0 Å². The van der Waals surface area contributed by atoms with Crippen LogP contribution in [0.5, 0.6) is 11.5 Å². The van der Waals surface area contributed by atoms with Crippen LogP contribution in [-0.2, 0) is 19.7 Å². The number of hydrogen-bond acceptors (Lipinski definition) is 2. The molecular formula is C23H25ClNO2+. The molecule has 0 saturated heterocycles. The van der Waals surface area contributed by atoms with E-state index in [9.17, 15) is 0 Å². The van der Waals surface area contributed by atoms with E-state index in [1.807, 2.05) is 36.4 Å². The first kappa shape index (κ1) is 19.3. The fourth-order valence-electron chi connectivity index (χ4n) is 2.93. The third-order valence-corrected chi connectivity index (χ3v) is 4.84. The van der Waals surface area contributed by atoms with Crippen molar-refractivity contribution in [3.8, 4) is 11.5 Å². The normalized spacial score (nSPS) is 10.6. The second-order valence-electron chi connectivity index (χ2n) is 6.51. The molecule has 0 unspecified atom stereocenters. The molecule has 0 aliphatic heterocycles. The average Bonchev–Trinajstić information content (AvgIpc) is 2.69. The minimum Gasteiger partial charge on any atom is -0.493 e. The number of para-hydroxylation sites is 1. The zero-order valence-electron chi connectivity index (χ0n) is 15.7. The lowest BCUT2D eigenvalue weighted by Crippen LogP contribution is -2.80. The summed E-state index contributed by atoms with van der Waals surface area (Å²) < 4.78 is 11.6. The highest BCUT2D eigenvalue weighted by Crippen LogP contribution is 2.32. The molecule has 4 heteroatoms. The molecule has 2 N–H and O–H groups in total. The molecule has 0 amide bonds. The highest BCUT2D eigenvalue weighted by molar-refractivity contribution is 6.31. The quantitative estimate of drug-likeness (QED) is 0.622. The van der Waals surface area contributed by atoms with Gasteiger partial charge in [0.2, 0.25) is 0 Å². The van der Waals surface area contributed by atoms with E-state index in [1.165, 1.54) is 11.1 Å². The van der Waals surface area contributed by atoms with Gasteiger partial charge in [-0.05, 0) is 25.1 Å². The Hall–Kier alpha value is -2.49. The van der Waals surface area contributed by atoms with E-state index in [2.05, 4.69) is 42.6 Å². The molecule has 3 aromatic carbocycles. The van der Waals surface area contributed by atoms with Crippen molar-refractivity contribution in [3.05, 3.63) is 94.0 Å². The van der Waals surface area contributed by atoms with Gasteiger partial charge in [0.15, 0.2) is 11.5 Å². The summed E-state index contributed by atoms with van der Waals surface area (Å²) in [5.74, 6) is 1.52. The fourth-order valence-corrected chi connectivity index (χ4v) is 3.12. The highest BCUT2D eigenvalue weighted by Gasteiger charge is 2.13. The first-order chi connectivity index (χ1) is 13.2. The Bertz CT molecular complexity index is 878. The first-order valence-electron chi connectivity index (χ1n) is 9.06. The fraction of sp³-hybridized carbons (Fsp3) is 0.217. The second kappa shape index (κ2) is 9.45. The van der Waals surface area contributed by atoms with E-state index in [0.717, 1.165) is 35.7 Å². The zero-order valence-corrected chi connectivity index (χ0v) is 16.5. The third kappa shape index (κ3) is 5.25. The molecule has 0 aromatic heterocycles. The maximum absolute atomic E-state index is 6.25. The van der Waals surface area contributed by atoms with Crippen molar-refractivity contribution in [3.63, 3.8) is 0 Å². The van der Waals surface area contributed by atoms with Crippen LogP contribution in [0, 0.1) is 6.92 Å². The Balaban J connectivity index is 1.69. The van der Waals surface area contributed by atoms with Crippen LogP contribution in [0.3, 0.4) is 0 Å². The minimum absolute atomic E-state index is 0.408. The molecule has 3 nitrogen and oxygen atoms in total. The smallest absolute Gasteiger partial charge is 0.170 e. The Kier molecular flexibility index (Phi) is 6.74. The number of ether oxygens (including phenoxy) is 2. The summed E-state index contributed by atoms with van der Waals surface area (Å²) >= 11 is 6.25. The Morgan fingerprint density at radius 1 is 0.852 bits per heavy atom. The monoisotopic (exact) mass is 382 g/mol. The van der Waals surface area contributed by atoms with Gasteiger partial charge in [0.05, 0.1) is 12.7 Å². The van der Waals surface area contributed by atoms with Crippen LogP contribution >= 0.6 is 11.6 Å². The summed E-state index contributed by atoms with van der Waals surface area (Å²) in [5.41, 5.74) is 4.65. The summed E-state index contributed by atoms with van der Waals surface area (Å²) in [5, 5.41) is 2.97. The van der Waals surface area contributed by atoms with E-state index >= 15 is 0 Å². The summed E-state index contributed by atoms with van der Waals surface area (Å²) in [6.45, 7) is 4.24. The number of rotatable bonds is 8. The predicted octanol–water partition coefficient (Wildman–Crippen LogP) is 4.50. The van der Waals surface area contributed by atoms with Crippen molar-refractivity contribution in [2.75, 3.05) is 7.11 Å². The summed E-state index contributed by atoms with van der Waals surface area (Å²) in [6.07, 6.45) is 0. The van der Waals surface area contributed by atoms with Crippen molar-refractivity contribution in [2.24, 2.45) is 0 Å². The number of aryl methyl sites for hydroxylation is 1. The lowest BCUT2D eigenvalue weighted by molar-refractivity contribution is -0.686. The lowest BCUT2D eigenvalue weighted by atomic mass is 10.1. The van der Waals surface area contributed by atoms with Gasteiger partial charge in [-0.25, -0.2) is 0 Å². The van der Waals surface area contributed by atoms with Crippen molar-refractivity contribution in [1.29, 1.82) is 0 Å². The maximum atomic E-state index is 6.25. The number of halogens is 1. The van der Waals surface area contributed by atoms with Gasteiger partial charge in [0.1, 0.15) is 19.7 Å². The standard InChI is InChI=1S/C23H24ClNO2/c1-17-10-12-18(13-11-17)14-25-15-19-7-5-9-22(26-2)23(19)27-16-20-6-3-4-8-21(20)24/h3-13,25H,14-16H2,1-2H3/p+1. The number of hydrogen-bond donors (Lipinski definition) is 1. The van der Waals surface area contributed by atoms with E-state index in [0.29, 0.717) is 11.6 Å². The van der Waals surface area contributed by atoms with Crippen LogP contribution in [0.15, 0.2) is 66.7 Å². The van der Waals surface area contributed by atoms with Gasteiger partial charge in [-0.15, -0.1) is 0 Å². The van der Waals surface area contributed by atoms with Crippen LogP contribution in [0.1, 0.15) is 22.3 Å². The van der Waals surface area contributed by atoms with Crippen molar-refractivity contribution in [2.45, 2.75) is 26.6 Å². The molecule has 3 aromatic rings. The number of quaternary nitrogens is 1. The van der Waals surface area contributed by atoms with Gasteiger partial charge >= 0.3 is 0 Å². The molecule has 0 radical (unpaired) electrons. The molecule has 0 spiro atoms. The second-order valence-corrected chi connectivity index (χ2v) is 6.92. The summed E-state index contributed by atoms with van der Waals surface area (Å²) in [4.78, 5) is 0. The molecule has 0 heterocycles. The van der Waals surface area contributed by atoms with Gasteiger partial charge in [-0.2, -0.15) is 0 Å². The van der Waals surface area contributed by atoms with Gasteiger partial charge in [0.25, 0.3) is 0 Å². The number of benzene rings is 3. The molecule has 0 aliphatic rings. The SMILES string of the molecule is COc1cccc(C[NH2+]Cc2ccc(C)cc2)c1OCc1ccccc1Cl. The van der Waals surface area contributed by atoms with Crippen LogP contribution < -0.4 is 14.8 Å². The molecule has 0 fully saturated rings. The van der Waals surface area contributed by atoms with Crippen LogP contribution in [0.25, 0.3) is 0 Å². The predicted molar refractivity (Wildman–Crippen MR) is 109 cm³/mol. The van der Waals surface area contributed by atoms with Crippen LogP contribution in [0.2, 0.25) is 5.02 Å². The Morgan fingerprint density at radius 2 is 1.59 bits per heavy atom. The Morgan fingerprint density at radius 3 is 2.33 bits per heavy atom. The van der Waals surface area contributed by atoms with Crippen LogP contribution in [0.4, 0.5) is 0 Å². The van der Waals surface area contributed by atoms with E-state index in [4.69, 9.17) is 21.1 Å². The molecular weight excluding hydrogens is 358 g/mol. The zero-order chi connectivity index (χ0) is 19.1. The van der Waals surface area contributed by atoms with Crippen LogP contribution in [-0.4, -0.2) is 7.11 Å². The molecule has 140 valence electrons. The summed E-state index contributed by atoms with van der Waals surface area (Å²) in [7, 11) is 1.66. The number of nitrogens with two attached hydrogens (primary N) is 1. The maximum Gasteiger partial charge on any atom is 0.170 e. The van der Waals surface area contributed by atoms with E-state index in [1.54, 1.807) is 7.11 Å². The third-order valence-electron chi connectivity index (χ3n) is 4.48. The van der Waals surface area contributed by atoms with Gasteiger partial charge in [-0.3, -0.25) is 0 Å². The van der Waals surface area contributed by atoms with E-state index < -0.39 is 0 Å². The molecule has 0 atom stereocenters. The summed E-state index contributed by atoms with van der Waals surface area (Å²) in [6, 6.07) is 22.4. The highest BCUT2D eigenvalue weighted by atomic mass is 35.5. The molecule has 3 rings (SSSR count). The van der Waals surface area contributed by atoms with Gasteiger partial charge < -0.3 is 14.8 Å². The van der Waals surface area contributed by atoms with Gasteiger partial charge in [0, 0.05) is 16.1 Å². The Labute approximate surface area is 165 Å². The molecule has 0 saturated carbocycles. The lowest BCUT2D eigenvalue weighted by Gasteiger charge is -2.15. The first-order valence-corrected chi connectivity index (χ1v) is 9.44. The van der Waals surface area contributed by atoms with Crippen molar-refractivity contribution < 1.29 is 14.8 Å². The minimum atomic E-state index is 0.408. The largest absolute Gasteiger partial charge is 0.493 e. The van der Waals surface area contributed by atoms with Gasteiger partial charge in [-0.1, -0.05) is 65.7 Å². The molecule has 0 bridgehead atoms. The molecule has 27 heavy (non-hydrogen) atoms. The number of methoxy groups -OCH3 is 1. The van der Waals surface area contributed by atoms with E-state index in [-0.39, 0.29) is 0 Å². The van der Waals surface area contributed by atoms with Crippen molar-refractivity contribution >= 4 is 11.6 Å². The average molecular weight is 383 g/mol. The molecule has 0 aliphatic carbocycles. The topological polar surface area (TPSA) is 35.1 Å².